The predicted octanol–water partition coefficient (Wildman–Crippen LogP) is 5.27. The number of carboxylic acid groups (broad SMARTS) is 1. The molecule has 2 aromatic rings. The summed E-state index contributed by atoms with van der Waals surface area (Å²) in [5.41, 5.74) is 0.470. The second-order valence-corrected chi connectivity index (χ2v) is 12.2. The Morgan fingerprint density at radius 2 is 1.85 bits per heavy atom. The quantitative estimate of drug-likeness (QED) is 0.439. The van der Waals surface area contributed by atoms with Gasteiger partial charge in [0.1, 0.15) is 0 Å². The van der Waals surface area contributed by atoms with Gasteiger partial charge in [0.05, 0.1) is 17.9 Å². The molecule has 1 saturated carbocycles. The van der Waals surface area contributed by atoms with E-state index in [0.717, 1.165) is 12.8 Å². The molecule has 34 heavy (non-hydrogen) atoms. The van der Waals surface area contributed by atoms with Crippen molar-refractivity contribution in [3.8, 4) is 0 Å². The van der Waals surface area contributed by atoms with Gasteiger partial charge in [-0.05, 0) is 48.6 Å². The molecule has 0 spiro atoms. The number of aliphatic carboxylic acids is 1. The third-order valence-corrected chi connectivity index (χ3v) is 8.75. The summed E-state index contributed by atoms with van der Waals surface area (Å²) < 4.78 is 32.7. The van der Waals surface area contributed by atoms with Gasteiger partial charge in [0.2, 0.25) is 15.9 Å². The highest BCUT2D eigenvalue weighted by Crippen LogP contribution is 2.53. The highest BCUT2D eigenvalue weighted by Gasteiger charge is 2.42. The molecule has 188 valence electrons. The first-order valence-electron chi connectivity index (χ1n) is 12.1. The summed E-state index contributed by atoms with van der Waals surface area (Å²) >= 11 is 0. The first-order chi connectivity index (χ1) is 16.0. The summed E-state index contributed by atoms with van der Waals surface area (Å²) in [6.07, 6.45) is 8.69. The number of hydrogen-bond acceptors (Lipinski definition) is 6. The molecule has 1 atom stereocenters. The minimum absolute atomic E-state index is 0.0973. The van der Waals surface area contributed by atoms with Gasteiger partial charge in [0, 0.05) is 5.92 Å². The van der Waals surface area contributed by atoms with Gasteiger partial charge in [-0.15, -0.1) is 0 Å². The van der Waals surface area contributed by atoms with Crippen LogP contribution in [-0.2, 0) is 21.4 Å². The Bertz CT molecular complexity index is 1040. The molecule has 8 nitrogen and oxygen atoms in total. The first-order valence-corrected chi connectivity index (χ1v) is 13.6. The molecule has 1 aliphatic rings. The van der Waals surface area contributed by atoms with E-state index < -0.39 is 21.9 Å². The van der Waals surface area contributed by atoms with Crippen LogP contribution >= 0.6 is 0 Å². The van der Waals surface area contributed by atoms with Gasteiger partial charge >= 0.3 is 5.97 Å². The Morgan fingerprint density at radius 1 is 1.18 bits per heavy atom. The topological polar surface area (TPSA) is 122 Å². The van der Waals surface area contributed by atoms with Crippen molar-refractivity contribution in [2.24, 2.45) is 10.8 Å². The van der Waals surface area contributed by atoms with Crippen LogP contribution in [0.1, 0.15) is 96.2 Å². The van der Waals surface area contributed by atoms with Crippen molar-refractivity contribution in [2.45, 2.75) is 95.9 Å². The van der Waals surface area contributed by atoms with E-state index in [1.807, 2.05) is 0 Å². The third-order valence-electron chi connectivity index (χ3n) is 7.34. The molecule has 1 heterocycles. The Kier molecular flexibility index (Phi) is 8.52. The largest absolute Gasteiger partial charge is 0.481 e. The van der Waals surface area contributed by atoms with Crippen molar-refractivity contribution in [3.05, 3.63) is 42.0 Å². The molecule has 1 aromatic heterocycles. The molecule has 0 aliphatic heterocycles. The zero-order chi connectivity index (χ0) is 24.8. The van der Waals surface area contributed by atoms with Gasteiger partial charge in [0.15, 0.2) is 5.82 Å². The Labute approximate surface area is 202 Å². The van der Waals surface area contributed by atoms with Crippen LogP contribution in [0.25, 0.3) is 0 Å². The molecule has 1 aromatic carbocycles. The standard InChI is InChI=1S/C25H37N3O5S/c1-24(2,3)25(14-8-5-9-15-25)16-10-11-19(17-22(29)30)23-27-21(28-33-23)18-26-34(31,32)20-12-6-4-7-13-20/h4,6-7,12-13,19,26H,5,8-11,14-18H2,1-3H3,(H,29,30). The van der Waals surface area contributed by atoms with Crippen LogP contribution in [0.5, 0.6) is 0 Å². The summed E-state index contributed by atoms with van der Waals surface area (Å²) in [6.45, 7) is 6.81. The first kappa shape index (κ1) is 26.3. The minimum atomic E-state index is -3.70. The zero-order valence-corrected chi connectivity index (χ0v) is 21.2. The van der Waals surface area contributed by atoms with Crippen LogP contribution in [0.15, 0.2) is 39.8 Å². The number of benzene rings is 1. The van der Waals surface area contributed by atoms with Gasteiger partial charge in [-0.2, -0.15) is 4.98 Å². The van der Waals surface area contributed by atoms with E-state index in [9.17, 15) is 18.3 Å². The van der Waals surface area contributed by atoms with E-state index in [1.54, 1.807) is 18.2 Å². The molecule has 2 N–H and O–H groups in total. The Hall–Kier alpha value is -2.26. The zero-order valence-electron chi connectivity index (χ0n) is 20.4. The highest BCUT2D eigenvalue weighted by atomic mass is 32.2. The lowest BCUT2D eigenvalue weighted by Gasteiger charge is -2.48. The fraction of sp³-hybridized carbons (Fsp3) is 0.640. The van der Waals surface area contributed by atoms with Crippen molar-refractivity contribution in [2.75, 3.05) is 0 Å². The van der Waals surface area contributed by atoms with Crippen molar-refractivity contribution >= 4 is 16.0 Å². The maximum absolute atomic E-state index is 12.4. The smallest absolute Gasteiger partial charge is 0.304 e. The fourth-order valence-electron chi connectivity index (χ4n) is 5.16. The second kappa shape index (κ2) is 11.0. The number of carboxylic acids is 1. The molecule has 9 heteroatoms. The minimum Gasteiger partial charge on any atom is -0.481 e. The molecular weight excluding hydrogens is 454 g/mol. The number of rotatable bonds is 11. The van der Waals surface area contributed by atoms with E-state index in [0.29, 0.717) is 6.42 Å². The summed E-state index contributed by atoms with van der Waals surface area (Å²) in [4.78, 5) is 16.0. The molecule has 1 fully saturated rings. The number of sulfonamides is 1. The molecule has 0 radical (unpaired) electrons. The number of hydrogen-bond donors (Lipinski definition) is 2. The number of aromatic nitrogens is 2. The molecule has 1 aliphatic carbocycles. The van der Waals surface area contributed by atoms with E-state index in [2.05, 4.69) is 35.6 Å². The fourth-order valence-corrected chi connectivity index (χ4v) is 6.16. The van der Waals surface area contributed by atoms with Crippen molar-refractivity contribution in [3.63, 3.8) is 0 Å². The van der Waals surface area contributed by atoms with Crippen molar-refractivity contribution < 1.29 is 22.8 Å². The summed E-state index contributed by atoms with van der Waals surface area (Å²) in [6, 6.07) is 8.04. The lowest BCUT2D eigenvalue weighted by Crippen LogP contribution is -2.37. The van der Waals surface area contributed by atoms with Gasteiger partial charge in [-0.3, -0.25) is 4.79 Å². The maximum Gasteiger partial charge on any atom is 0.304 e. The van der Waals surface area contributed by atoms with E-state index in [1.165, 1.54) is 44.2 Å². The van der Waals surface area contributed by atoms with Gasteiger partial charge < -0.3 is 9.63 Å². The summed E-state index contributed by atoms with van der Waals surface area (Å²) in [5, 5.41) is 13.3. The molecule has 1 unspecified atom stereocenters. The normalized spacial score (nSPS) is 17.4. The van der Waals surface area contributed by atoms with E-state index in [4.69, 9.17) is 4.52 Å². The maximum atomic E-state index is 12.4. The van der Waals surface area contributed by atoms with Gasteiger partial charge in [0.25, 0.3) is 0 Å². The van der Waals surface area contributed by atoms with Crippen LogP contribution in [0, 0.1) is 10.8 Å². The lowest BCUT2D eigenvalue weighted by atomic mass is 9.57. The van der Waals surface area contributed by atoms with Crippen molar-refractivity contribution in [1.82, 2.24) is 14.9 Å². The van der Waals surface area contributed by atoms with Gasteiger partial charge in [-0.1, -0.05) is 69.8 Å². The lowest BCUT2D eigenvalue weighted by molar-refractivity contribution is -0.137. The molecule has 0 saturated heterocycles. The number of carbonyl (C=O) groups is 1. The van der Waals surface area contributed by atoms with Crippen LogP contribution in [0.3, 0.4) is 0 Å². The molecule has 3 rings (SSSR count). The van der Waals surface area contributed by atoms with Crippen LogP contribution < -0.4 is 4.72 Å². The van der Waals surface area contributed by atoms with E-state index in [-0.39, 0.29) is 40.4 Å². The molecular formula is C25H37N3O5S. The van der Waals surface area contributed by atoms with Gasteiger partial charge in [-0.25, -0.2) is 13.1 Å². The van der Waals surface area contributed by atoms with E-state index >= 15 is 0 Å². The average Bonchev–Trinajstić information content (AvgIpc) is 3.26. The molecule has 0 bridgehead atoms. The number of nitrogens with zero attached hydrogens (tertiary/aromatic N) is 2. The van der Waals surface area contributed by atoms with Crippen LogP contribution in [-0.4, -0.2) is 29.6 Å². The van der Waals surface area contributed by atoms with Crippen molar-refractivity contribution in [1.29, 1.82) is 0 Å². The second-order valence-electron chi connectivity index (χ2n) is 10.5. The monoisotopic (exact) mass is 491 g/mol. The highest BCUT2D eigenvalue weighted by molar-refractivity contribution is 7.89. The SMILES string of the molecule is CC(C)(C)C1(CCCC(CC(=O)O)c2nc(CNS(=O)(=O)c3ccccc3)no2)CCCCC1. The number of nitrogens with one attached hydrogen (secondary N) is 1. The predicted molar refractivity (Wildman–Crippen MR) is 129 cm³/mol. The summed E-state index contributed by atoms with van der Waals surface area (Å²) in [7, 11) is -3.70. The van der Waals surface area contributed by atoms with Crippen LogP contribution in [0.2, 0.25) is 0 Å². The molecule has 0 amide bonds. The third kappa shape index (κ3) is 6.66. The Balaban J connectivity index is 1.64. The summed E-state index contributed by atoms with van der Waals surface area (Å²) in [5.74, 6) is -0.879. The van der Waals surface area contributed by atoms with Crippen LogP contribution in [0.4, 0.5) is 0 Å². The average molecular weight is 492 g/mol. The Morgan fingerprint density at radius 3 is 2.47 bits per heavy atom.